The number of ether oxygens (including phenoxy) is 1. The van der Waals surface area contributed by atoms with E-state index in [9.17, 15) is 13.2 Å². The molecule has 2 aromatic rings. The largest absolute Gasteiger partial charge is 0.573 e. The van der Waals surface area contributed by atoms with Crippen molar-refractivity contribution in [3.8, 4) is 17.0 Å². The second kappa shape index (κ2) is 5.22. The number of alkyl halides is 3. The van der Waals surface area contributed by atoms with E-state index in [-0.39, 0.29) is 5.75 Å². The molecule has 0 radical (unpaired) electrons. The lowest BCUT2D eigenvalue weighted by molar-refractivity contribution is -0.274. The third-order valence-electron chi connectivity index (χ3n) is 2.23. The fraction of sp³-hybridized carbons (Fsp3) is 0.0833. The van der Waals surface area contributed by atoms with Crippen molar-refractivity contribution in [3.05, 3.63) is 46.1 Å². The van der Waals surface area contributed by atoms with Crippen LogP contribution in [0.1, 0.15) is 0 Å². The molecule has 0 bridgehead atoms. The van der Waals surface area contributed by atoms with Crippen molar-refractivity contribution < 1.29 is 17.9 Å². The lowest BCUT2D eigenvalue weighted by Crippen LogP contribution is -2.17. The number of rotatable bonds is 2. The maximum Gasteiger partial charge on any atom is 0.573 e. The van der Waals surface area contributed by atoms with Gasteiger partial charge in [-0.1, -0.05) is 29.9 Å². The number of hydrogen-bond donors (Lipinski definition) is 1. The number of benzene rings is 1. The Bertz CT molecular complexity index is 654. The molecule has 19 heavy (non-hydrogen) atoms. The second-order valence-corrected chi connectivity index (χ2v) is 4.47. The standard InChI is InChI=1S/C12H7ClF3NOS/c13-9-5-4-7(18-12(14,15)16)6-8(9)10-2-1-3-11(19)17-10/h1-6H,(H,17,19). The summed E-state index contributed by atoms with van der Waals surface area (Å²) in [6.45, 7) is 0. The van der Waals surface area contributed by atoms with Gasteiger partial charge in [0.25, 0.3) is 0 Å². The molecule has 0 spiro atoms. The summed E-state index contributed by atoms with van der Waals surface area (Å²) in [6.07, 6.45) is -4.74. The molecular formula is C12H7ClF3NOS. The van der Waals surface area contributed by atoms with Crippen LogP contribution < -0.4 is 4.74 Å². The molecule has 1 aromatic heterocycles. The molecule has 0 unspecified atom stereocenters. The highest BCUT2D eigenvalue weighted by atomic mass is 35.5. The average molecular weight is 306 g/mol. The summed E-state index contributed by atoms with van der Waals surface area (Å²) in [4.78, 5) is 2.85. The Morgan fingerprint density at radius 2 is 1.89 bits per heavy atom. The van der Waals surface area contributed by atoms with Gasteiger partial charge in [0.15, 0.2) is 0 Å². The van der Waals surface area contributed by atoms with Gasteiger partial charge in [-0.25, -0.2) is 0 Å². The summed E-state index contributed by atoms with van der Waals surface area (Å²) in [5.74, 6) is -0.338. The zero-order valence-electron chi connectivity index (χ0n) is 9.29. The molecule has 1 N–H and O–H groups in total. The van der Waals surface area contributed by atoms with Crippen LogP contribution in [0.15, 0.2) is 36.4 Å². The van der Waals surface area contributed by atoms with Crippen LogP contribution in [0.3, 0.4) is 0 Å². The first-order chi connectivity index (χ1) is 8.85. The minimum Gasteiger partial charge on any atom is -0.406 e. The molecule has 0 aliphatic carbocycles. The maximum absolute atomic E-state index is 12.2. The molecular weight excluding hydrogens is 299 g/mol. The topological polar surface area (TPSA) is 25.0 Å². The minimum absolute atomic E-state index is 0.298. The molecule has 2 nitrogen and oxygen atoms in total. The van der Waals surface area contributed by atoms with Crippen molar-refractivity contribution >= 4 is 23.8 Å². The number of nitrogens with one attached hydrogen (secondary N) is 1. The van der Waals surface area contributed by atoms with E-state index in [1.165, 1.54) is 12.1 Å². The highest BCUT2D eigenvalue weighted by molar-refractivity contribution is 7.71. The Balaban J connectivity index is 2.46. The summed E-state index contributed by atoms with van der Waals surface area (Å²) >= 11 is 10.9. The Labute approximate surface area is 116 Å². The van der Waals surface area contributed by atoms with Crippen molar-refractivity contribution in [1.82, 2.24) is 4.98 Å². The molecule has 0 aliphatic rings. The van der Waals surface area contributed by atoms with Crippen LogP contribution in [-0.2, 0) is 0 Å². The summed E-state index contributed by atoms with van der Waals surface area (Å²) in [7, 11) is 0. The molecule has 1 heterocycles. The van der Waals surface area contributed by atoms with Gasteiger partial charge in [-0.15, -0.1) is 13.2 Å². The molecule has 0 aliphatic heterocycles. The summed E-state index contributed by atoms with van der Waals surface area (Å²) < 4.78 is 40.8. The first-order valence-corrected chi connectivity index (χ1v) is 5.89. The van der Waals surface area contributed by atoms with E-state index in [0.29, 0.717) is 20.9 Å². The summed E-state index contributed by atoms with van der Waals surface area (Å²) in [5, 5.41) is 0.298. The van der Waals surface area contributed by atoms with Gasteiger partial charge in [-0.2, -0.15) is 0 Å². The second-order valence-electron chi connectivity index (χ2n) is 3.62. The van der Waals surface area contributed by atoms with Crippen LogP contribution in [-0.4, -0.2) is 11.3 Å². The van der Waals surface area contributed by atoms with Crippen LogP contribution in [0.4, 0.5) is 13.2 Å². The Kier molecular flexibility index (Phi) is 3.82. The molecule has 2 rings (SSSR count). The average Bonchev–Trinajstić information content (AvgIpc) is 2.30. The van der Waals surface area contributed by atoms with Crippen LogP contribution in [0.2, 0.25) is 5.02 Å². The molecule has 0 saturated carbocycles. The highest BCUT2D eigenvalue weighted by Gasteiger charge is 2.31. The lowest BCUT2D eigenvalue weighted by atomic mass is 10.1. The Morgan fingerprint density at radius 3 is 2.53 bits per heavy atom. The van der Waals surface area contributed by atoms with Gasteiger partial charge < -0.3 is 9.72 Å². The van der Waals surface area contributed by atoms with Gasteiger partial charge in [0, 0.05) is 11.3 Å². The maximum atomic E-state index is 12.2. The molecule has 0 saturated heterocycles. The number of pyridine rings is 1. The number of aromatic amines is 1. The Morgan fingerprint density at radius 1 is 1.16 bits per heavy atom. The van der Waals surface area contributed by atoms with Crippen molar-refractivity contribution in [2.75, 3.05) is 0 Å². The summed E-state index contributed by atoms with van der Waals surface area (Å²) in [6, 6.07) is 8.69. The fourth-order valence-electron chi connectivity index (χ4n) is 1.51. The van der Waals surface area contributed by atoms with Crippen molar-refractivity contribution in [1.29, 1.82) is 0 Å². The monoisotopic (exact) mass is 305 g/mol. The fourth-order valence-corrected chi connectivity index (χ4v) is 1.92. The normalized spacial score (nSPS) is 11.4. The van der Waals surface area contributed by atoms with Crippen LogP contribution in [0.5, 0.6) is 5.75 Å². The van der Waals surface area contributed by atoms with E-state index in [4.69, 9.17) is 23.8 Å². The molecule has 0 fully saturated rings. The van der Waals surface area contributed by atoms with Gasteiger partial charge >= 0.3 is 6.36 Å². The van der Waals surface area contributed by atoms with E-state index in [2.05, 4.69) is 9.72 Å². The molecule has 7 heteroatoms. The van der Waals surface area contributed by atoms with E-state index < -0.39 is 6.36 Å². The predicted molar refractivity (Wildman–Crippen MR) is 68.8 cm³/mol. The molecule has 0 atom stereocenters. The molecule has 1 aromatic carbocycles. The lowest BCUT2D eigenvalue weighted by Gasteiger charge is -2.11. The van der Waals surface area contributed by atoms with E-state index in [1.807, 2.05) is 0 Å². The third-order valence-corrected chi connectivity index (χ3v) is 2.80. The van der Waals surface area contributed by atoms with Gasteiger partial charge in [0.2, 0.25) is 0 Å². The van der Waals surface area contributed by atoms with Crippen molar-refractivity contribution in [2.24, 2.45) is 0 Å². The van der Waals surface area contributed by atoms with Crippen LogP contribution >= 0.6 is 23.8 Å². The van der Waals surface area contributed by atoms with Gasteiger partial charge in [0.05, 0.1) is 5.02 Å². The van der Waals surface area contributed by atoms with Crippen LogP contribution in [0.25, 0.3) is 11.3 Å². The number of H-pyrrole nitrogens is 1. The van der Waals surface area contributed by atoms with E-state index in [1.54, 1.807) is 18.2 Å². The highest BCUT2D eigenvalue weighted by Crippen LogP contribution is 2.32. The third kappa shape index (κ3) is 3.71. The number of aromatic nitrogens is 1. The van der Waals surface area contributed by atoms with E-state index in [0.717, 1.165) is 6.07 Å². The smallest absolute Gasteiger partial charge is 0.406 e. The first kappa shape index (κ1) is 13.9. The minimum atomic E-state index is -4.74. The quantitative estimate of drug-likeness (QED) is 0.793. The molecule has 100 valence electrons. The predicted octanol–water partition coefficient (Wildman–Crippen LogP) is 4.96. The van der Waals surface area contributed by atoms with Gasteiger partial charge in [0.1, 0.15) is 10.4 Å². The van der Waals surface area contributed by atoms with Gasteiger partial charge in [-0.05, 0) is 30.3 Å². The molecule has 0 amide bonds. The van der Waals surface area contributed by atoms with Crippen molar-refractivity contribution in [2.45, 2.75) is 6.36 Å². The SMILES string of the molecule is FC(F)(F)Oc1ccc(Cl)c(-c2cccc(=S)[nH]2)c1. The first-order valence-electron chi connectivity index (χ1n) is 5.10. The summed E-state index contributed by atoms with van der Waals surface area (Å²) in [5.41, 5.74) is 0.903. The number of halogens is 4. The Hall–Kier alpha value is -1.53. The van der Waals surface area contributed by atoms with Gasteiger partial charge in [-0.3, -0.25) is 0 Å². The van der Waals surface area contributed by atoms with Crippen LogP contribution in [0, 0.1) is 4.64 Å². The number of hydrogen-bond acceptors (Lipinski definition) is 2. The zero-order valence-corrected chi connectivity index (χ0v) is 10.9. The zero-order chi connectivity index (χ0) is 14.0. The van der Waals surface area contributed by atoms with E-state index >= 15 is 0 Å². The van der Waals surface area contributed by atoms with Crippen molar-refractivity contribution in [3.63, 3.8) is 0 Å².